The number of esters is 1. The molecule has 6 heteroatoms. The molecule has 0 unspecified atom stereocenters. The number of rotatable bonds is 7. The number of fused-ring (bicyclic) bond motifs is 1. The van der Waals surface area contributed by atoms with Crippen molar-refractivity contribution in [3.8, 4) is 0 Å². The maximum atomic E-state index is 12.7. The molecule has 0 radical (unpaired) electrons. The second kappa shape index (κ2) is 9.31. The Bertz CT molecular complexity index is 752. The van der Waals surface area contributed by atoms with Crippen LogP contribution >= 0.6 is 11.3 Å². The van der Waals surface area contributed by atoms with Gasteiger partial charge in [0.1, 0.15) is 0 Å². The minimum Gasteiger partial charge on any atom is -0.455 e. The van der Waals surface area contributed by atoms with Crippen molar-refractivity contribution >= 4 is 33.4 Å². The van der Waals surface area contributed by atoms with Crippen LogP contribution in [0.1, 0.15) is 63.3 Å². The molecular weight excluding hydrogens is 360 g/mol. The van der Waals surface area contributed by atoms with Crippen LogP contribution in [0.15, 0.2) is 24.3 Å². The highest BCUT2D eigenvalue weighted by Gasteiger charge is 2.35. The summed E-state index contributed by atoms with van der Waals surface area (Å²) >= 11 is 1.67. The summed E-state index contributed by atoms with van der Waals surface area (Å²) in [6.45, 7) is 3.87. The first-order valence-corrected chi connectivity index (χ1v) is 10.8. The van der Waals surface area contributed by atoms with E-state index in [1.54, 1.807) is 11.3 Å². The van der Waals surface area contributed by atoms with Crippen LogP contribution in [-0.4, -0.2) is 29.5 Å². The summed E-state index contributed by atoms with van der Waals surface area (Å²) in [5.41, 5.74) is 0.986. The lowest BCUT2D eigenvalue weighted by molar-refractivity contribution is -0.154. The number of carbonyl (C=O) groups excluding carboxylic acids is 2. The van der Waals surface area contributed by atoms with Crippen molar-refractivity contribution in [2.24, 2.45) is 5.92 Å². The number of benzene rings is 1. The molecule has 2 atom stereocenters. The predicted molar refractivity (Wildman–Crippen MR) is 108 cm³/mol. The molecule has 1 amide bonds. The van der Waals surface area contributed by atoms with E-state index in [0.717, 1.165) is 53.7 Å². The smallest absolute Gasteiger partial charge is 0.310 e. The van der Waals surface area contributed by atoms with Gasteiger partial charge in [0, 0.05) is 12.0 Å². The summed E-state index contributed by atoms with van der Waals surface area (Å²) in [4.78, 5) is 29.5. The lowest BCUT2D eigenvalue weighted by Gasteiger charge is -2.28. The fourth-order valence-electron chi connectivity index (χ4n) is 3.76. The average Bonchev–Trinajstić information content (AvgIpc) is 3.14. The zero-order valence-corrected chi connectivity index (χ0v) is 16.9. The van der Waals surface area contributed by atoms with Gasteiger partial charge in [-0.05, 0) is 37.8 Å². The monoisotopic (exact) mass is 388 g/mol. The minimum absolute atomic E-state index is 0.0887. The molecule has 5 nitrogen and oxygen atoms in total. The van der Waals surface area contributed by atoms with E-state index in [4.69, 9.17) is 9.72 Å². The van der Waals surface area contributed by atoms with Crippen molar-refractivity contribution in [3.05, 3.63) is 29.3 Å². The minimum atomic E-state index is -0.265. The zero-order chi connectivity index (χ0) is 19.2. The summed E-state index contributed by atoms with van der Waals surface area (Å²) in [6, 6.07) is 8.20. The van der Waals surface area contributed by atoms with Gasteiger partial charge in [0.15, 0.2) is 6.61 Å². The lowest BCUT2D eigenvalue weighted by Crippen LogP contribution is -2.38. The molecule has 0 aliphatic heterocycles. The largest absolute Gasteiger partial charge is 0.455 e. The quantitative estimate of drug-likeness (QED) is 0.713. The maximum Gasteiger partial charge on any atom is 0.310 e. The van der Waals surface area contributed by atoms with E-state index in [0.29, 0.717) is 0 Å². The van der Waals surface area contributed by atoms with Gasteiger partial charge in [-0.15, -0.1) is 11.3 Å². The Morgan fingerprint density at radius 3 is 2.70 bits per heavy atom. The highest BCUT2D eigenvalue weighted by atomic mass is 32.1. The molecule has 1 fully saturated rings. The van der Waals surface area contributed by atoms with Gasteiger partial charge in [-0.2, -0.15) is 0 Å². The van der Waals surface area contributed by atoms with Crippen LogP contribution in [0.4, 0.5) is 0 Å². The number of amides is 1. The molecule has 1 aromatic heterocycles. The van der Waals surface area contributed by atoms with Crippen molar-refractivity contribution < 1.29 is 14.3 Å². The Kier molecular flexibility index (Phi) is 6.83. The molecule has 1 aromatic carbocycles. The molecule has 0 bridgehead atoms. The fourth-order valence-corrected chi connectivity index (χ4v) is 4.93. The molecule has 146 valence electrons. The van der Waals surface area contributed by atoms with E-state index in [2.05, 4.69) is 11.4 Å². The Labute approximate surface area is 164 Å². The number of thiazole rings is 1. The van der Waals surface area contributed by atoms with E-state index in [1.807, 2.05) is 32.0 Å². The van der Waals surface area contributed by atoms with Crippen molar-refractivity contribution in [2.75, 3.05) is 6.61 Å². The molecule has 1 aliphatic rings. The van der Waals surface area contributed by atoms with Gasteiger partial charge in [0.2, 0.25) is 0 Å². The van der Waals surface area contributed by atoms with Gasteiger partial charge in [-0.25, -0.2) is 4.98 Å². The zero-order valence-electron chi connectivity index (χ0n) is 16.1. The first kappa shape index (κ1) is 19.8. The van der Waals surface area contributed by atoms with Gasteiger partial charge >= 0.3 is 5.97 Å². The Balaban J connectivity index is 1.64. The highest BCUT2D eigenvalue weighted by Crippen LogP contribution is 2.41. The lowest BCUT2D eigenvalue weighted by atomic mass is 9.79. The van der Waals surface area contributed by atoms with E-state index in [1.165, 1.54) is 0 Å². The molecule has 1 saturated carbocycles. The molecule has 1 aliphatic carbocycles. The number of para-hydroxylation sites is 1. The average molecular weight is 389 g/mol. The third-order valence-corrected chi connectivity index (χ3v) is 6.56. The number of hydrogen-bond acceptors (Lipinski definition) is 5. The predicted octanol–water partition coefficient (Wildman–Crippen LogP) is 4.42. The van der Waals surface area contributed by atoms with Crippen molar-refractivity contribution in [3.63, 3.8) is 0 Å². The third kappa shape index (κ3) is 4.86. The standard InChI is InChI=1S/C21H28N2O3S/c1-3-14(4-2)22-19(24)13-26-21(25)16-10-6-5-9-15(16)20-23-17-11-7-8-12-18(17)27-20/h7-8,11-12,14-16H,3-6,9-10,13H2,1-2H3,(H,22,24)/t15-,16+/m1/s1. The fraction of sp³-hybridized carbons (Fsp3) is 0.571. The topological polar surface area (TPSA) is 68.3 Å². The first-order valence-electron chi connectivity index (χ1n) is 9.93. The molecule has 2 aromatic rings. The van der Waals surface area contributed by atoms with Gasteiger partial charge in [-0.1, -0.05) is 38.8 Å². The second-order valence-electron chi connectivity index (χ2n) is 7.21. The molecule has 0 saturated heterocycles. The molecule has 1 N–H and O–H groups in total. The number of carbonyl (C=O) groups is 2. The number of ether oxygens (including phenoxy) is 1. The van der Waals surface area contributed by atoms with E-state index < -0.39 is 0 Å². The van der Waals surface area contributed by atoms with Crippen LogP contribution in [-0.2, 0) is 14.3 Å². The first-order chi connectivity index (χ1) is 13.1. The number of nitrogens with one attached hydrogen (secondary N) is 1. The summed E-state index contributed by atoms with van der Waals surface area (Å²) in [5.74, 6) is -0.603. The van der Waals surface area contributed by atoms with Crippen molar-refractivity contribution in [2.45, 2.75) is 64.3 Å². The molecule has 3 rings (SSSR count). The number of nitrogens with zero attached hydrogens (tertiary/aromatic N) is 1. The van der Waals surface area contributed by atoms with E-state index in [9.17, 15) is 9.59 Å². The Morgan fingerprint density at radius 2 is 1.96 bits per heavy atom. The SMILES string of the molecule is CCC(CC)NC(=O)COC(=O)[C@H]1CCCC[C@H]1c1nc2ccccc2s1. The van der Waals surface area contributed by atoms with Gasteiger partial charge < -0.3 is 10.1 Å². The third-order valence-electron chi connectivity index (χ3n) is 5.39. The number of hydrogen-bond donors (Lipinski definition) is 1. The van der Waals surface area contributed by atoms with Crippen LogP contribution in [0.3, 0.4) is 0 Å². The van der Waals surface area contributed by atoms with Crippen LogP contribution in [0, 0.1) is 5.92 Å². The maximum absolute atomic E-state index is 12.7. The van der Waals surface area contributed by atoms with E-state index in [-0.39, 0.29) is 36.4 Å². The second-order valence-corrected chi connectivity index (χ2v) is 8.27. The molecular formula is C21H28N2O3S. The normalized spacial score (nSPS) is 20.0. The van der Waals surface area contributed by atoms with Crippen LogP contribution in [0.5, 0.6) is 0 Å². The van der Waals surface area contributed by atoms with Crippen LogP contribution < -0.4 is 5.32 Å². The summed E-state index contributed by atoms with van der Waals surface area (Å²) in [6.07, 6.45) is 5.60. The van der Waals surface area contributed by atoms with Crippen LogP contribution in [0.25, 0.3) is 10.2 Å². The van der Waals surface area contributed by atoms with Crippen LogP contribution in [0.2, 0.25) is 0 Å². The van der Waals surface area contributed by atoms with Crippen molar-refractivity contribution in [1.29, 1.82) is 0 Å². The number of aromatic nitrogens is 1. The Morgan fingerprint density at radius 1 is 1.22 bits per heavy atom. The van der Waals surface area contributed by atoms with Gasteiger partial charge in [-0.3, -0.25) is 9.59 Å². The van der Waals surface area contributed by atoms with Gasteiger partial charge in [0.05, 0.1) is 21.1 Å². The summed E-state index contributed by atoms with van der Waals surface area (Å²) < 4.78 is 6.53. The summed E-state index contributed by atoms with van der Waals surface area (Å²) in [5, 5.41) is 3.92. The highest BCUT2D eigenvalue weighted by molar-refractivity contribution is 7.18. The van der Waals surface area contributed by atoms with E-state index >= 15 is 0 Å². The molecule has 27 heavy (non-hydrogen) atoms. The molecule has 1 heterocycles. The summed E-state index contributed by atoms with van der Waals surface area (Å²) in [7, 11) is 0. The molecule has 0 spiro atoms. The Hall–Kier alpha value is -1.95. The van der Waals surface area contributed by atoms with Gasteiger partial charge in [0.25, 0.3) is 5.91 Å². The van der Waals surface area contributed by atoms with Crippen molar-refractivity contribution in [1.82, 2.24) is 10.3 Å².